The van der Waals surface area contributed by atoms with Crippen LogP contribution in [0.15, 0.2) is 0 Å². The Labute approximate surface area is 176 Å². The van der Waals surface area contributed by atoms with Gasteiger partial charge in [-0.1, -0.05) is 97.3 Å². The maximum absolute atomic E-state index is 11.6. The number of unbranched alkanes of at least 4 members (excludes halogenated alkanes) is 11. The number of carboxylic acids is 2. The molecule has 0 saturated carbocycles. The molecule has 0 unspecified atom stereocenters. The van der Waals surface area contributed by atoms with Gasteiger partial charge in [0.25, 0.3) is 0 Å². The molecule has 2 N–H and O–H groups in total. The van der Waals surface area contributed by atoms with Crippen LogP contribution >= 0.6 is 0 Å². The van der Waals surface area contributed by atoms with Gasteiger partial charge in [0.1, 0.15) is 0 Å². The zero-order valence-electron chi connectivity index (χ0n) is 15.8. The van der Waals surface area contributed by atoms with Crippen molar-refractivity contribution in [2.24, 2.45) is 5.41 Å². The molecule has 0 amide bonds. The molecule has 0 spiro atoms. The molecule has 0 aromatic carbocycles. The van der Waals surface area contributed by atoms with Gasteiger partial charge in [0.15, 0.2) is 5.41 Å². The van der Waals surface area contributed by atoms with Gasteiger partial charge in [-0.2, -0.15) is 0 Å². The number of carboxylic acid groups (broad SMARTS) is 2. The van der Waals surface area contributed by atoms with Crippen molar-refractivity contribution in [1.82, 2.24) is 0 Å². The van der Waals surface area contributed by atoms with Crippen LogP contribution in [0.3, 0.4) is 0 Å². The van der Waals surface area contributed by atoms with Crippen molar-refractivity contribution in [1.29, 1.82) is 0 Å². The standard InChI is InChI=1S/C20H38O4.Na.H/c1-3-5-7-8-9-10-11-12-13-15-17-20(18(21)22,19(23)24)16-14-6-4-2;;/h3-17H2,1-2H3,(H,21,22)(H,23,24);;. The Bertz CT molecular complexity index is 331. The Morgan fingerprint density at radius 1 is 0.600 bits per heavy atom. The monoisotopic (exact) mass is 366 g/mol. The van der Waals surface area contributed by atoms with Gasteiger partial charge in [-0.25, -0.2) is 0 Å². The Kier molecular flexibility index (Phi) is 18.9. The van der Waals surface area contributed by atoms with Gasteiger partial charge in [-0.3, -0.25) is 9.59 Å². The first-order valence-electron chi connectivity index (χ1n) is 9.98. The predicted molar refractivity (Wildman–Crippen MR) is 105 cm³/mol. The molecule has 0 fully saturated rings. The van der Waals surface area contributed by atoms with Gasteiger partial charge in [-0.15, -0.1) is 0 Å². The first-order chi connectivity index (χ1) is 11.5. The van der Waals surface area contributed by atoms with Crippen LogP contribution in [0.1, 0.15) is 110 Å². The summed E-state index contributed by atoms with van der Waals surface area (Å²) in [4.78, 5) is 23.1. The van der Waals surface area contributed by atoms with Crippen molar-refractivity contribution in [3.8, 4) is 0 Å². The molecular weight excluding hydrogens is 327 g/mol. The van der Waals surface area contributed by atoms with Crippen molar-refractivity contribution in [3.63, 3.8) is 0 Å². The van der Waals surface area contributed by atoms with Crippen molar-refractivity contribution in [3.05, 3.63) is 0 Å². The van der Waals surface area contributed by atoms with Crippen LogP contribution in [-0.4, -0.2) is 51.7 Å². The van der Waals surface area contributed by atoms with E-state index in [-0.39, 0.29) is 42.4 Å². The Morgan fingerprint density at radius 3 is 1.24 bits per heavy atom. The molecule has 25 heavy (non-hydrogen) atoms. The second-order valence-corrected chi connectivity index (χ2v) is 7.08. The molecule has 0 radical (unpaired) electrons. The molecule has 0 aliphatic heterocycles. The summed E-state index contributed by atoms with van der Waals surface area (Å²) in [5.41, 5.74) is -1.57. The normalized spacial score (nSPS) is 11.1. The van der Waals surface area contributed by atoms with E-state index in [0.717, 1.165) is 25.7 Å². The third-order valence-electron chi connectivity index (χ3n) is 4.98. The van der Waals surface area contributed by atoms with E-state index in [4.69, 9.17) is 0 Å². The van der Waals surface area contributed by atoms with Gasteiger partial charge in [0.05, 0.1) is 0 Å². The van der Waals surface area contributed by atoms with Crippen LogP contribution in [0.5, 0.6) is 0 Å². The maximum atomic E-state index is 11.6. The van der Waals surface area contributed by atoms with Gasteiger partial charge >= 0.3 is 41.5 Å². The summed E-state index contributed by atoms with van der Waals surface area (Å²) in [6.07, 6.45) is 14.7. The molecule has 0 atom stereocenters. The second kappa shape index (κ2) is 17.4. The summed E-state index contributed by atoms with van der Waals surface area (Å²) in [5, 5.41) is 18.9. The van der Waals surface area contributed by atoms with E-state index in [1.165, 1.54) is 44.9 Å². The molecule has 0 aliphatic carbocycles. The second-order valence-electron chi connectivity index (χ2n) is 7.08. The molecular formula is C20H39NaO4. The minimum absolute atomic E-state index is 0. The molecule has 0 saturated heterocycles. The topological polar surface area (TPSA) is 74.6 Å². The van der Waals surface area contributed by atoms with Gasteiger partial charge in [-0.05, 0) is 12.8 Å². The number of aliphatic carboxylic acids is 2. The van der Waals surface area contributed by atoms with E-state index in [9.17, 15) is 19.8 Å². The number of hydrogen-bond donors (Lipinski definition) is 2. The quantitative estimate of drug-likeness (QED) is 0.206. The summed E-state index contributed by atoms with van der Waals surface area (Å²) in [7, 11) is 0. The SMILES string of the molecule is CCCCCCCCCCCCC(CCCCC)(C(=O)O)C(=O)O.[NaH]. The van der Waals surface area contributed by atoms with E-state index in [1.54, 1.807) is 0 Å². The van der Waals surface area contributed by atoms with Crippen LogP contribution in [-0.2, 0) is 9.59 Å². The molecule has 5 heteroatoms. The Morgan fingerprint density at radius 2 is 0.880 bits per heavy atom. The fraction of sp³-hybridized carbons (Fsp3) is 0.900. The number of hydrogen-bond acceptors (Lipinski definition) is 2. The molecule has 4 nitrogen and oxygen atoms in total. The summed E-state index contributed by atoms with van der Waals surface area (Å²) in [6.45, 7) is 4.25. The van der Waals surface area contributed by atoms with Crippen LogP contribution in [0.4, 0.5) is 0 Å². The molecule has 144 valence electrons. The van der Waals surface area contributed by atoms with Crippen LogP contribution in [0.2, 0.25) is 0 Å². The third-order valence-corrected chi connectivity index (χ3v) is 4.98. The van der Waals surface area contributed by atoms with Crippen molar-refractivity contribution in [2.75, 3.05) is 0 Å². The Balaban J connectivity index is 0. The summed E-state index contributed by atoms with van der Waals surface area (Å²) >= 11 is 0. The fourth-order valence-corrected chi connectivity index (χ4v) is 3.24. The predicted octanol–water partition coefficient (Wildman–Crippen LogP) is 5.38. The van der Waals surface area contributed by atoms with Gasteiger partial charge in [0.2, 0.25) is 0 Å². The van der Waals surface area contributed by atoms with E-state index in [2.05, 4.69) is 6.92 Å². The average molecular weight is 367 g/mol. The molecule has 0 aromatic rings. The number of rotatable bonds is 17. The van der Waals surface area contributed by atoms with Crippen LogP contribution in [0.25, 0.3) is 0 Å². The minimum atomic E-state index is -1.57. The first kappa shape index (κ1) is 27.2. The Hall–Kier alpha value is -0.0600. The van der Waals surface area contributed by atoms with Gasteiger partial charge < -0.3 is 10.2 Å². The molecule has 0 aliphatic rings. The van der Waals surface area contributed by atoms with Crippen LogP contribution in [0, 0.1) is 5.41 Å². The molecule has 0 heterocycles. The van der Waals surface area contributed by atoms with E-state index < -0.39 is 17.4 Å². The van der Waals surface area contributed by atoms with E-state index in [0.29, 0.717) is 12.8 Å². The summed E-state index contributed by atoms with van der Waals surface area (Å²) in [5.74, 6) is -2.33. The fourth-order valence-electron chi connectivity index (χ4n) is 3.24. The van der Waals surface area contributed by atoms with Crippen molar-refractivity contribution >= 4 is 41.5 Å². The summed E-state index contributed by atoms with van der Waals surface area (Å²) < 4.78 is 0. The molecule has 0 rings (SSSR count). The van der Waals surface area contributed by atoms with Crippen molar-refractivity contribution in [2.45, 2.75) is 110 Å². The van der Waals surface area contributed by atoms with Crippen molar-refractivity contribution < 1.29 is 19.8 Å². The summed E-state index contributed by atoms with van der Waals surface area (Å²) in [6, 6.07) is 0. The first-order valence-corrected chi connectivity index (χ1v) is 9.98. The van der Waals surface area contributed by atoms with E-state index >= 15 is 0 Å². The molecule has 0 bridgehead atoms. The average Bonchev–Trinajstić information content (AvgIpc) is 2.54. The van der Waals surface area contributed by atoms with E-state index in [1.807, 2.05) is 6.92 Å². The molecule has 0 aromatic heterocycles. The zero-order valence-corrected chi connectivity index (χ0v) is 15.8. The zero-order chi connectivity index (χ0) is 18.3. The van der Waals surface area contributed by atoms with Gasteiger partial charge in [0, 0.05) is 0 Å². The van der Waals surface area contributed by atoms with Crippen LogP contribution < -0.4 is 0 Å². The number of carbonyl (C=O) groups is 2. The third kappa shape index (κ3) is 12.0.